The molecule has 0 aliphatic rings. The monoisotopic (exact) mass is 164 g/mol. The van der Waals surface area contributed by atoms with E-state index in [1.54, 1.807) is 0 Å². The smallest absolute Gasteiger partial charge is 0.234 e. The first-order valence-electron chi connectivity index (χ1n) is 3.13. The topological polar surface area (TPSA) is 34.1 Å². The molecule has 2 aromatic rings. The molecule has 0 unspecified atom stereocenters. The van der Waals surface area contributed by atoms with Crippen LogP contribution in [-0.4, -0.2) is 0 Å². The van der Waals surface area contributed by atoms with Gasteiger partial charge in [0, 0.05) is 16.5 Å². The van der Waals surface area contributed by atoms with Crippen LogP contribution < -0.4 is 10.9 Å². The Kier molecular flexibility index (Phi) is 1.26. The van der Waals surface area contributed by atoms with Gasteiger partial charge in [0.1, 0.15) is 0 Å². The van der Waals surface area contributed by atoms with Crippen LogP contribution in [0.5, 0.6) is 0 Å². The van der Waals surface area contributed by atoms with Crippen molar-refractivity contribution >= 4 is 11.3 Å². The van der Waals surface area contributed by atoms with Gasteiger partial charge < -0.3 is 0 Å². The first kappa shape index (κ1) is 6.49. The molecular formula is C8H4O2S. The van der Waals surface area contributed by atoms with Crippen molar-refractivity contribution in [2.45, 2.75) is 0 Å². The highest BCUT2D eigenvalue weighted by Crippen LogP contribution is 2.20. The van der Waals surface area contributed by atoms with Gasteiger partial charge >= 0.3 is 0 Å². The lowest BCUT2D eigenvalue weighted by Gasteiger charge is -1.94. The molecule has 0 amide bonds. The van der Waals surface area contributed by atoms with E-state index in [4.69, 9.17) is 0 Å². The van der Waals surface area contributed by atoms with Gasteiger partial charge in [-0.2, -0.15) is 0 Å². The zero-order valence-electron chi connectivity index (χ0n) is 5.53. The van der Waals surface area contributed by atoms with E-state index in [-0.39, 0.29) is 10.9 Å². The van der Waals surface area contributed by atoms with Gasteiger partial charge in [-0.25, -0.2) is 0 Å². The molecule has 2 nitrogen and oxygen atoms in total. The van der Waals surface area contributed by atoms with Crippen molar-refractivity contribution in [2.24, 2.45) is 0 Å². The van der Waals surface area contributed by atoms with Crippen molar-refractivity contribution in [3.63, 3.8) is 0 Å². The van der Waals surface area contributed by atoms with E-state index < -0.39 is 0 Å². The van der Waals surface area contributed by atoms with Crippen LogP contribution in [0.1, 0.15) is 0 Å². The van der Waals surface area contributed by atoms with Gasteiger partial charge in [-0.3, -0.25) is 9.59 Å². The van der Waals surface area contributed by atoms with Crippen LogP contribution in [0.25, 0.3) is 10.4 Å². The van der Waals surface area contributed by atoms with Crippen LogP contribution in [0.2, 0.25) is 0 Å². The van der Waals surface area contributed by atoms with Gasteiger partial charge in [0.15, 0.2) is 0 Å². The lowest BCUT2D eigenvalue weighted by atomic mass is 10.1. The maximum absolute atomic E-state index is 10.8. The van der Waals surface area contributed by atoms with E-state index in [2.05, 4.69) is 0 Å². The Morgan fingerprint density at radius 3 is 2.55 bits per heavy atom. The minimum Gasteiger partial charge on any atom is -0.286 e. The van der Waals surface area contributed by atoms with E-state index in [0.29, 0.717) is 5.56 Å². The third-order valence-electron chi connectivity index (χ3n) is 1.53. The number of rotatable bonds is 1. The molecule has 0 spiro atoms. The Bertz CT molecular complexity index is 432. The molecule has 54 valence electrons. The Morgan fingerprint density at radius 1 is 1.27 bits per heavy atom. The van der Waals surface area contributed by atoms with E-state index >= 15 is 0 Å². The molecule has 0 saturated heterocycles. The molecule has 0 bridgehead atoms. The lowest BCUT2D eigenvalue weighted by molar-refractivity contribution is 1.43. The van der Waals surface area contributed by atoms with Crippen LogP contribution in [0.15, 0.2) is 33.2 Å². The third kappa shape index (κ3) is 0.851. The second-order valence-electron chi connectivity index (χ2n) is 2.23. The summed E-state index contributed by atoms with van der Waals surface area (Å²) in [5.41, 5.74) is -0.175. The summed E-state index contributed by atoms with van der Waals surface area (Å²) in [6.07, 6.45) is 0. The zero-order valence-corrected chi connectivity index (χ0v) is 6.35. The Morgan fingerprint density at radius 2 is 2.09 bits per heavy atom. The van der Waals surface area contributed by atoms with Crippen molar-refractivity contribution < 1.29 is 0 Å². The van der Waals surface area contributed by atoms with E-state index in [0.717, 1.165) is 4.88 Å². The highest BCUT2D eigenvalue weighted by molar-refractivity contribution is 7.13. The van der Waals surface area contributed by atoms with E-state index in [9.17, 15) is 9.59 Å². The average molecular weight is 164 g/mol. The molecule has 0 N–H and O–H groups in total. The highest BCUT2D eigenvalue weighted by Gasteiger charge is 2.11. The van der Waals surface area contributed by atoms with Crippen molar-refractivity contribution in [1.82, 2.24) is 0 Å². The third-order valence-corrected chi connectivity index (χ3v) is 2.43. The summed E-state index contributed by atoms with van der Waals surface area (Å²) in [6, 6.07) is 5.08. The molecule has 1 aromatic carbocycles. The predicted molar refractivity (Wildman–Crippen MR) is 44.7 cm³/mol. The van der Waals surface area contributed by atoms with Crippen molar-refractivity contribution in [3.8, 4) is 10.4 Å². The first-order chi connectivity index (χ1) is 5.29. The molecule has 0 aliphatic carbocycles. The Balaban J connectivity index is 2.59. The molecule has 0 aliphatic heterocycles. The molecular weight excluding hydrogens is 160 g/mol. The number of hydrogen-bond donors (Lipinski definition) is 0. The highest BCUT2D eigenvalue weighted by atomic mass is 32.1. The van der Waals surface area contributed by atoms with Crippen molar-refractivity contribution in [1.29, 1.82) is 0 Å². The van der Waals surface area contributed by atoms with Crippen LogP contribution >= 0.6 is 11.3 Å². The van der Waals surface area contributed by atoms with Gasteiger partial charge in [-0.15, -0.1) is 11.3 Å². The summed E-state index contributed by atoms with van der Waals surface area (Å²) in [5.74, 6) is 0. The van der Waals surface area contributed by atoms with Crippen molar-refractivity contribution in [2.75, 3.05) is 0 Å². The fourth-order valence-corrected chi connectivity index (χ4v) is 1.67. The molecule has 3 heteroatoms. The molecule has 1 heterocycles. The molecule has 0 saturated carbocycles. The molecule has 1 aromatic heterocycles. The molecule has 11 heavy (non-hydrogen) atoms. The lowest BCUT2D eigenvalue weighted by Crippen LogP contribution is -2.30. The van der Waals surface area contributed by atoms with Gasteiger partial charge in [-0.1, -0.05) is 6.07 Å². The molecule has 0 fully saturated rings. The normalized spacial score (nSPS) is 10.5. The predicted octanol–water partition coefficient (Wildman–Crippen LogP) is 1.01. The number of thiophene rings is 1. The summed E-state index contributed by atoms with van der Waals surface area (Å²) >= 11 is 1.47. The minimum absolute atomic E-state index is 0.354. The van der Waals surface area contributed by atoms with E-state index in [1.165, 1.54) is 17.4 Å². The first-order valence-corrected chi connectivity index (χ1v) is 4.01. The summed E-state index contributed by atoms with van der Waals surface area (Å²) in [4.78, 5) is 22.2. The van der Waals surface area contributed by atoms with Gasteiger partial charge in [0.05, 0.1) is 0 Å². The summed E-state index contributed by atoms with van der Waals surface area (Å²) in [5, 5.41) is 1.88. The zero-order chi connectivity index (χ0) is 7.84. The van der Waals surface area contributed by atoms with Crippen molar-refractivity contribution in [3.05, 3.63) is 44.0 Å². The van der Waals surface area contributed by atoms with Crippen LogP contribution in [0, 0.1) is 0 Å². The SMILES string of the molecule is O=c1cc(-c2cccs2)c1=O. The molecule has 2 rings (SSSR count). The summed E-state index contributed by atoms with van der Waals surface area (Å²) in [7, 11) is 0. The largest absolute Gasteiger partial charge is 0.286 e. The maximum Gasteiger partial charge on any atom is 0.234 e. The quantitative estimate of drug-likeness (QED) is 0.589. The van der Waals surface area contributed by atoms with E-state index in [1.807, 2.05) is 17.5 Å². The fraction of sp³-hybridized carbons (Fsp3) is 0. The summed E-state index contributed by atoms with van der Waals surface area (Å²) < 4.78 is 0. The second-order valence-corrected chi connectivity index (χ2v) is 3.18. The average Bonchev–Trinajstić information content (AvgIpc) is 2.51. The van der Waals surface area contributed by atoms with Gasteiger partial charge in [-0.05, 0) is 11.4 Å². The summed E-state index contributed by atoms with van der Waals surface area (Å²) in [6.45, 7) is 0. The minimum atomic E-state index is -0.381. The Labute approximate surface area is 66.4 Å². The number of hydrogen-bond acceptors (Lipinski definition) is 3. The van der Waals surface area contributed by atoms with Gasteiger partial charge in [0.2, 0.25) is 10.9 Å². The molecule has 0 atom stereocenters. The standard InChI is InChI=1S/C8H4O2S/c9-6-4-5(8(6)10)7-2-1-3-11-7/h1-4H. The van der Waals surface area contributed by atoms with Crippen LogP contribution in [0.3, 0.4) is 0 Å². The van der Waals surface area contributed by atoms with Gasteiger partial charge in [0.25, 0.3) is 0 Å². The fourth-order valence-electron chi connectivity index (χ4n) is 0.932. The van der Waals surface area contributed by atoms with Crippen LogP contribution in [0.4, 0.5) is 0 Å². The Hall–Kier alpha value is -1.22. The molecule has 0 radical (unpaired) electrons. The van der Waals surface area contributed by atoms with Crippen LogP contribution in [-0.2, 0) is 0 Å². The second kappa shape index (κ2) is 2.13. The maximum atomic E-state index is 10.8.